The van der Waals surface area contributed by atoms with Gasteiger partial charge in [-0.15, -0.1) is 10.2 Å². The summed E-state index contributed by atoms with van der Waals surface area (Å²) in [5, 5.41) is 11.2. The van der Waals surface area contributed by atoms with Crippen molar-refractivity contribution in [3.8, 4) is 11.5 Å². The Labute approximate surface area is 112 Å². The lowest BCUT2D eigenvalue weighted by Crippen LogP contribution is -2.03. The summed E-state index contributed by atoms with van der Waals surface area (Å²) < 4.78 is 12.4. The Morgan fingerprint density at radius 1 is 1.16 bits per heavy atom. The molecule has 0 radical (unpaired) electrons. The van der Waals surface area contributed by atoms with Crippen molar-refractivity contribution in [3.05, 3.63) is 29.6 Å². The molecule has 0 spiro atoms. The Kier molecular flexibility index (Phi) is 3.89. The molecule has 0 amide bonds. The molecule has 0 saturated carbocycles. The number of nitrogens with one attached hydrogen (secondary N) is 1. The smallest absolute Gasteiger partial charge is 0.224 e. The van der Waals surface area contributed by atoms with Crippen LogP contribution in [0.1, 0.15) is 11.4 Å². The van der Waals surface area contributed by atoms with E-state index in [0.29, 0.717) is 6.42 Å². The molecule has 1 aromatic heterocycles. The molecule has 0 atom stereocenters. The van der Waals surface area contributed by atoms with E-state index in [4.69, 9.17) is 9.47 Å². The van der Waals surface area contributed by atoms with Crippen molar-refractivity contribution in [3.63, 3.8) is 0 Å². The van der Waals surface area contributed by atoms with Gasteiger partial charge in [0.2, 0.25) is 5.95 Å². The lowest BCUT2D eigenvalue weighted by Gasteiger charge is -2.09. The number of methoxy groups -OCH3 is 2. The molecule has 0 bridgehead atoms. The lowest BCUT2D eigenvalue weighted by molar-refractivity contribution is 0.354. The van der Waals surface area contributed by atoms with Gasteiger partial charge >= 0.3 is 0 Å². The molecule has 0 aliphatic rings. The second-order valence-corrected chi connectivity index (χ2v) is 4.11. The van der Waals surface area contributed by atoms with Crippen molar-refractivity contribution in [2.75, 3.05) is 26.6 Å². The van der Waals surface area contributed by atoms with Crippen molar-refractivity contribution in [1.82, 2.24) is 14.8 Å². The molecule has 1 N–H and O–H groups in total. The summed E-state index contributed by atoms with van der Waals surface area (Å²) in [6.45, 7) is 0. The van der Waals surface area contributed by atoms with Crippen LogP contribution >= 0.6 is 0 Å². The third-order valence-corrected chi connectivity index (χ3v) is 3.00. The van der Waals surface area contributed by atoms with Crippen LogP contribution in [0.3, 0.4) is 0 Å². The zero-order chi connectivity index (χ0) is 13.8. The zero-order valence-electron chi connectivity index (χ0n) is 11.6. The third kappa shape index (κ3) is 2.62. The number of rotatable bonds is 5. The summed E-state index contributed by atoms with van der Waals surface area (Å²) in [4.78, 5) is 0. The Morgan fingerprint density at radius 3 is 2.47 bits per heavy atom. The molecule has 0 aliphatic heterocycles. The highest BCUT2D eigenvalue weighted by Crippen LogP contribution is 2.28. The van der Waals surface area contributed by atoms with Crippen LogP contribution in [0.15, 0.2) is 18.2 Å². The molecule has 0 aliphatic carbocycles. The molecular formula is C13H18N4O2. The van der Waals surface area contributed by atoms with Gasteiger partial charge in [-0.3, -0.25) is 0 Å². The molecule has 0 unspecified atom stereocenters. The third-order valence-electron chi connectivity index (χ3n) is 3.00. The average Bonchev–Trinajstić information content (AvgIpc) is 2.79. The molecule has 0 fully saturated rings. The fourth-order valence-corrected chi connectivity index (χ4v) is 1.91. The zero-order valence-corrected chi connectivity index (χ0v) is 11.6. The number of hydrogen-bond acceptors (Lipinski definition) is 5. The maximum Gasteiger partial charge on any atom is 0.224 e. The Morgan fingerprint density at radius 2 is 1.89 bits per heavy atom. The monoisotopic (exact) mass is 262 g/mol. The highest BCUT2D eigenvalue weighted by molar-refractivity contribution is 5.43. The Bertz CT molecular complexity index is 566. The van der Waals surface area contributed by atoms with Crippen LogP contribution in [0.4, 0.5) is 5.95 Å². The summed E-state index contributed by atoms with van der Waals surface area (Å²) >= 11 is 0. The van der Waals surface area contributed by atoms with Crippen LogP contribution in [0.2, 0.25) is 0 Å². The van der Waals surface area contributed by atoms with E-state index in [0.717, 1.165) is 28.8 Å². The number of hydrogen-bond donors (Lipinski definition) is 1. The van der Waals surface area contributed by atoms with E-state index >= 15 is 0 Å². The van der Waals surface area contributed by atoms with E-state index in [1.54, 1.807) is 14.2 Å². The first-order valence-electron chi connectivity index (χ1n) is 5.96. The molecule has 6 heteroatoms. The standard InChI is InChI=1S/C13H18N4O2/c1-14-13-16-15-12(17(13)2)8-9-5-6-10(18-3)11(7-9)19-4/h5-7H,8H2,1-4H3,(H,14,16). The largest absolute Gasteiger partial charge is 0.493 e. The van der Waals surface area contributed by atoms with Gasteiger partial charge in [0.1, 0.15) is 5.82 Å². The van der Waals surface area contributed by atoms with E-state index in [1.165, 1.54) is 0 Å². The summed E-state index contributed by atoms with van der Waals surface area (Å²) in [6.07, 6.45) is 0.686. The van der Waals surface area contributed by atoms with Gasteiger partial charge in [0, 0.05) is 20.5 Å². The van der Waals surface area contributed by atoms with Crippen LogP contribution in [0.5, 0.6) is 11.5 Å². The number of nitrogens with zero attached hydrogens (tertiary/aromatic N) is 3. The highest BCUT2D eigenvalue weighted by Gasteiger charge is 2.10. The van der Waals surface area contributed by atoms with Crippen molar-refractivity contribution in [1.29, 1.82) is 0 Å². The van der Waals surface area contributed by atoms with Crippen LogP contribution in [-0.4, -0.2) is 36.0 Å². The molecule has 6 nitrogen and oxygen atoms in total. The van der Waals surface area contributed by atoms with Gasteiger partial charge in [-0.25, -0.2) is 0 Å². The first-order chi connectivity index (χ1) is 9.19. The normalized spacial score (nSPS) is 10.3. The fourth-order valence-electron chi connectivity index (χ4n) is 1.91. The number of anilines is 1. The Hall–Kier alpha value is -2.24. The van der Waals surface area contributed by atoms with Gasteiger partial charge < -0.3 is 19.4 Å². The lowest BCUT2D eigenvalue weighted by atomic mass is 10.1. The molecule has 19 heavy (non-hydrogen) atoms. The van der Waals surface area contributed by atoms with Gasteiger partial charge in [-0.05, 0) is 17.7 Å². The molecule has 1 heterocycles. The fraction of sp³-hybridized carbons (Fsp3) is 0.385. The summed E-state index contributed by atoms with van der Waals surface area (Å²) in [7, 11) is 7.01. The van der Waals surface area contributed by atoms with E-state index in [-0.39, 0.29) is 0 Å². The highest BCUT2D eigenvalue weighted by atomic mass is 16.5. The van der Waals surface area contributed by atoms with Gasteiger partial charge in [0.15, 0.2) is 11.5 Å². The number of benzene rings is 1. The maximum absolute atomic E-state index is 5.29. The molecule has 2 aromatic rings. The van der Waals surface area contributed by atoms with Crippen molar-refractivity contribution < 1.29 is 9.47 Å². The number of aromatic nitrogens is 3. The molecule has 102 valence electrons. The summed E-state index contributed by atoms with van der Waals surface area (Å²) in [5.41, 5.74) is 1.09. The van der Waals surface area contributed by atoms with Crippen LogP contribution in [0.25, 0.3) is 0 Å². The first kappa shape index (κ1) is 13.2. The van der Waals surface area contributed by atoms with Gasteiger partial charge in [-0.1, -0.05) is 6.07 Å². The van der Waals surface area contributed by atoms with Gasteiger partial charge in [-0.2, -0.15) is 0 Å². The van der Waals surface area contributed by atoms with Crippen molar-refractivity contribution in [2.45, 2.75) is 6.42 Å². The van der Waals surface area contributed by atoms with Crippen molar-refractivity contribution >= 4 is 5.95 Å². The molecule has 2 rings (SSSR count). The molecular weight excluding hydrogens is 244 g/mol. The van der Waals surface area contributed by atoms with Gasteiger partial charge in [0.05, 0.1) is 14.2 Å². The summed E-state index contributed by atoms with van der Waals surface area (Å²) in [6, 6.07) is 5.84. The second-order valence-electron chi connectivity index (χ2n) is 4.11. The second kappa shape index (κ2) is 5.60. The minimum atomic E-state index is 0.686. The molecule has 0 saturated heterocycles. The molecule has 1 aromatic carbocycles. The van der Waals surface area contributed by atoms with Crippen molar-refractivity contribution in [2.24, 2.45) is 7.05 Å². The van der Waals surface area contributed by atoms with Gasteiger partial charge in [0.25, 0.3) is 0 Å². The Balaban J connectivity index is 2.25. The van der Waals surface area contributed by atoms with Crippen LogP contribution in [-0.2, 0) is 13.5 Å². The predicted octanol–water partition coefficient (Wildman–Crippen LogP) is 1.46. The minimum absolute atomic E-state index is 0.686. The predicted molar refractivity (Wildman–Crippen MR) is 72.9 cm³/mol. The number of ether oxygens (including phenoxy) is 2. The summed E-state index contributed by atoms with van der Waals surface area (Å²) in [5.74, 6) is 3.07. The topological polar surface area (TPSA) is 61.2 Å². The van der Waals surface area contributed by atoms with E-state index in [2.05, 4.69) is 15.5 Å². The van der Waals surface area contributed by atoms with E-state index < -0.39 is 0 Å². The van der Waals surface area contributed by atoms with Crippen LogP contribution in [0, 0.1) is 0 Å². The SMILES string of the molecule is CNc1nnc(Cc2ccc(OC)c(OC)c2)n1C. The quantitative estimate of drug-likeness (QED) is 0.884. The van der Waals surface area contributed by atoms with E-state index in [1.807, 2.05) is 36.9 Å². The maximum atomic E-state index is 5.29. The average molecular weight is 262 g/mol. The minimum Gasteiger partial charge on any atom is -0.493 e. The van der Waals surface area contributed by atoms with E-state index in [9.17, 15) is 0 Å². The first-order valence-corrected chi connectivity index (χ1v) is 5.96. The van der Waals surface area contributed by atoms with Crippen LogP contribution < -0.4 is 14.8 Å².